The highest BCUT2D eigenvalue weighted by Gasteiger charge is 2.37. The third-order valence-electron chi connectivity index (χ3n) is 4.59. The van der Waals surface area contributed by atoms with Gasteiger partial charge in [-0.1, -0.05) is 38.9 Å². The summed E-state index contributed by atoms with van der Waals surface area (Å²) in [6, 6.07) is 6.85. The molecule has 8 heteroatoms. The predicted octanol–water partition coefficient (Wildman–Crippen LogP) is 3.71. The second-order valence-electron chi connectivity index (χ2n) is 8.35. The topological polar surface area (TPSA) is 113 Å². The molecule has 8 nitrogen and oxygen atoms in total. The van der Waals surface area contributed by atoms with Crippen LogP contribution in [0.5, 0.6) is 0 Å². The molecule has 0 aliphatic heterocycles. The molecule has 156 valence electrons. The summed E-state index contributed by atoms with van der Waals surface area (Å²) >= 11 is 0. The zero-order valence-electron chi connectivity index (χ0n) is 17.7. The summed E-state index contributed by atoms with van der Waals surface area (Å²) in [6.45, 7) is 10.9. The Hall–Kier alpha value is -3.16. The highest BCUT2D eigenvalue weighted by atomic mass is 16.5. The van der Waals surface area contributed by atoms with Crippen LogP contribution in [-0.4, -0.2) is 23.4 Å². The van der Waals surface area contributed by atoms with Crippen LogP contribution in [0.15, 0.2) is 28.8 Å². The van der Waals surface area contributed by atoms with Crippen molar-refractivity contribution in [2.75, 3.05) is 16.0 Å². The Bertz CT molecular complexity index is 910. The number of hydrogen-bond donors (Lipinski definition) is 3. The standard InChI is InChI=1S/C21H28N4O4/c1-7-13-8-9-14(10-15(13)22-12-26)23-18(27)21(5,6)19(28)24-17-11-16(29-25-17)20(2,3)4/h8-12H,7H2,1-6H3,(H,22,26)(H,23,27)(H,24,25,28). The van der Waals surface area contributed by atoms with E-state index in [4.69, 9.17) is 4.52 Å². The van der Waals surface area contributed by atoms with Crippen LogP contribution in [0.3, 0.4) is 0 Å². The molecule has 3 N–H and O–H groups in total. The minimum atomic E-state index is -1.37. The number of aryl methyl sites for hydroxylation is 1. The van der Waals surface area contributed by atoms with Gasteiger partial charge in [-0.25, -0.2) is 0 Å². The van der Waals surface area contributed by atoms with E-state index in [0.717, 1.165) is 12.0 Å². The van der Waals surface area contributed by atoms with Crippen molar-refractivity contribution in [1.82, 2.24) is 5.16 Å². The van der Waals surface area contributed by atoms with E-state index in [1.807, 2.05) is 33.8 Å². The number of amides is 3. The molecular weight excluding hydrogens is 372 g/mol. The van der Waals surface area contributed by atoms with Crippen LogP contribution in [0.25, 0.3) is 0 Å². The van der Waals surface area contributed by atoms with E-state index in [0.29, 0.717) is 23.5 Å². The molecule has 0 fully saturated rings. The lowest BCUT2D eigenvalue weighted by atomic mass is 9.90. The Labute approximate surface area is 170 Å². The molecule has 0 bridgehead atoms. The first-order chi connectivity index (χ1) is 13.5. The Morgan fingerprint density at radius 1 is 1.07 bits per heavy atom. The predicted molar refractivity (Wildman–Crippen MR) is 112 cm³/mol. The fourth-order valence-electron chi connectivity index (χ4n) is 2.51. The van der Waals surface area contributed by atoms with E-state index < -0.39 is 17.2 Å². The van der Waals surface area contributed by atoms with Gasteiger partial charge in [0.25, 0.3) is 0 Å². The van der Waals surface area contributed by atoms with Gasteiger partial charge in [-0.15, -0.1) is 0 Å². The monoisotopic (exact) mass is 400 g/mol. The summed E-state index contributed by atoms with van der Waals surface area (Å²) in [5, 5.41) is 11.8. The van der Waals surface area contributed by atoms with Crippen LogP contribution in [0.4, 0.5) is 17.2 Å². The zero-order chi connectivity index (χ0) is 21.8. The molecule has 0 atom stereocenters. The van der Waals surface area contributed by atoms with Gasteiger partial charge in [-0.05, 0) is 38.0 Å². The van der Waals surface area contributed by atoms with E-state index in [1.54, 1.807) is 18.2 Å². The Kier molecular flexibility index (Phi) is 6.46. The lowest BCUT2D eigenvalue weighted by molar-refractivity contribution is -0.135. The van der Waals surface area contributed by atoms with Crippen LogP contribution in [-0.2, 0) is 26.2 Å². The number of nitrogens with zero attached hydrogens (tertiary/aromatic N) is 1. The molecule has 0 saturated heterocycles. The minimum Gasteiger partial charge on any atom is -0.359 e. The average Bonchev–Trinajstić information content (AvgIpc) is 3.11. The fourth-order valence-corrected chi connectivity index (χ4v) is 2.51. The number of benzene rings is 1. The van der Waals surface area contributed by atoms with Gasteiger partial charge >= 0.3 is 0 Å². The van der Waals surface area contributed by atoms with Gasteiger partial charge in [0.1, 0.15) is 11.2 Å². The summed E-state index contributed by atoms with van der Waals surface area (Å²) in [5.41, 5.74) is 0.407. The van der Waals surface area contributed by atoms with Gasteiger partial charge in [0.2, 0.25) is 18.2 Å². The molecule has 2 aromatic rings. The second-order valence-corrected chi connectivity index (χ2v) is 8.35. The van der Waals surface area contributed by atoms with Crippen molar-refractivity contribution >= 4 is 35.4 Å². The molecule has 2 rings (SSSR count). The first-order valence-electron chi connectivity index (χ1n) is 9.42. The normalized spacial score (nSPS) is 11.7. The van der Waals surface area contributed by atoms with Gasteiger partial charge < -0.3 is 20.5 Å². The largest absolute Gasteiger partial charge is 0.359 e. The van der Waals surface area contributed by atoms with E-state index in [1.165, 1.54) is 13.8 Å². The molecule has 0 saturated carbocycles. The average molecular weight is 400 g/mol. The molecule has 0 aliphatic carbocycles. The summed E-state index contributed by atoms with van der Waals surface area (Å²) in [4.78, 5) is 36.2. The van der Waals surface area contributed by atoms with Gasteiger partial charge in [0, 0.05) is 22.9 Å². The van der Waals surface area contributed by atoms with Crippen molar-refractivity contribution in [3.63, 3.8) is 0 Å². The molecule has 0 spiro atoms. The molecule has 0 unspecified atom stereocenters. The Morgan fingerprint density at radius 3 is 2.28 bits per heavy atom. The van der Waals surface area contributed by atoms with E-state index in [-0.39, 0.29) is 11.2 Å². The molecule has 29 heavy (non-hydrogen) atoms. The van der Waals surface area contributed by atoms with Gasteiger partial charge in [-0.2, -0.15) is 0 Å². The zero-order valence-corrected chi connectivity index (χ0v) is 17.7. The number of aromatic nitrogens is 1. The van der Waals surface area contributed by atoms with Crippen LogP contribution >= 0.6 is 0 Å². The van der Waals surface area contributed by atoms with Gasteiger partial charge in [0.05, 0.1) is 0 Å². The first-order valence-corrected chi connectivity index (χ1v) is 9.42. The lowest BCUT2D eigenvalue weighted by Gasteiger charge is -2.22. The van der Waals surface area contributed by atoms with E-state index in [2.05, 4.69) is 21.1 Å². The summed E-state index contributed by atoms with van der Waals surface area (Å²) in [7, 11) is 0. The highest BCUT2D eigenvalue weighted by molar-refractivity contribution is 6.13. The summed E-state index contributed by atoms with van der Waals surface area (Å²) in [5.74, 6) is -0.122. The molecule has 3 amide bonds. The van der Waals surface area contributed by atoms with E-state index >= 15 is 0 Å². The quantitative estimate of drug-likeness (QED) is 0.484. The number of anilines is 3. The third kappa shape index (κ3) is 5.22. The van der Waals surface area contributed by atoms with Crippen molar-refractivity contribution in [1.29, 1.82) is 0 Å². The molecule has 0 aliphatic rings. The Morgan fingerprint density at radius 2 is 1.72 bits per heavy atom. The number of carbonyl (C=O) groups excluding carboxylic acids is 3. The molecular formula is C21H28N4O4. The number of nitrogens with one attached hydrogen (secondary N) is 3. The van der Waals surface area contributed by atoms with Crippen molar-refractivity contribution < 1.29 is 18.9 Å². The maximum atomic E-state index is 12.7. The minimum absolute atomic E-state index is 0.249. The molecule has 1 aromatic carbocycles. The molecule has 1 heterocycles. The van der Waals surface area contributed by atoms with Crippen molar-refractivity contribution in [3.05, 3.63) is 35.6 Å². The maximum Gasteiger partial charge on any atom is 0.240 e. The lowest BCUT2D eigenvalue weighted by Crippen LogP contribution is -2.41. The SMILES string of the molecule is CCc1ccc(NC(=O)C(C)(C)C(=O)Nc2cc(C(C)(C)C)on2)cc1NC=O. The number of rotatable bonds is 7. The van der Waals surface area contributed by atoms with Gasteiger partial charge in [-0.3, -0.25) is 14.4 Å². The highest BCUT2D eigenvalue weighted by Crippen LogP contribution is 2.27. The second kappa shape index (κ2) is 8.46. The van der Waals surface area contributed by atoms with Crippen molar-refractivity contribution in [2.45, 2.75) is 53.4 Å². The third-order valence-corrected chi connectivity index (χ3v) is 4.59. The van der Waals surface area contributed by atoms with Crippen LogP contribution in [0, 0.1) is 5.41 Å². The summed E-state index contributed by atoms with van der Waals surface area (Å²) in [6.07, 6.45) is 1.31. The van der Waals surface area contributed by atoms with Crippen LogP contribution in [0.2, 0.25) is 0 Å². The number of carbonyl (C=O) groups is 3. The smallest absolute Gasteiger partial charge is 0.240 e. The van der Waals surface area contributed by atoms with E-state index in [9.17, 15) is 14.4 Å². The molecule has 1 aromatic heterocycles. The van der Waals surface area contributed by atoms with Crippen molar-refractivity contribution in [2.24, 2.45) is 5.41 Å². The van der Waals surface area contributed by atoms with Crippen LogP contribution in [0.1, 0.15) is 52.9 Å². The van der Waals surface area contributed by atoms with Crippen LogP contribution < -0.4 is 16.0 Å². The number of hydrogen-bond acceptors (Lipinski definition) is 5. The van der Waals surface area contributed by atoms with Gasteiger partial charge in [0.15, 0.2) is 5.82 Å². The fraction of sp³-hybridized carbons (Fsp3) is 0.429. The first kappa shape index (κ1) is 22.1. The summed E-state index contributed by atoms with van der Waals surface area (Å²) < 4.78 is 5.26. The molecule has 0 radical (unpaired) electrons. The Balaban J connectivity index is 2.12. The maximum absolute atomic E-state index is 12.7. The van der Waals surface area contributed by atoms with Crippen molar-refractivity contribution in [3.8, 4) is 0 Å².